The number of ether oxygens (including phenoxy) is 2. The van der Waals surface area contributed by atoms with Gasteiger partial charge in [-0.3, -0.25) is 9.80 Å². The first kappa shape index (κ1) is 21.3. The lowest BCUT2D eigenvalue weighted by Crippen LogP contribution is -2.42. The molecule has 0 bridgehead atoms. The van der Waals surface area contributed by atoms with Crippen LogP contribution in [0.2, 0.25) is 0 Å². The molecule has 1 aliphatic heterocycles. The summed E-state index contributed by atoms with van der Waals surface area (Å²) in [6.45, 7) is 6.65. The van der Waals surface area contributed by atoms with Gasteiger partial charge in [0.05, 0.1) is 17.8 Å². The van der Waals surface area contributed by atoms with Gasteiger partial charge >= 0.3 is 12.2 Å². The Kier molecular flexibility index (Phi) is 5.23. The van der Waals surface area contributed by atoms with Crippen molar-refractivity contribution in [3.63, 3.8) is 0 Å². The molecule has 2 amide bonds. The SMILES string of the molecule is CN(C(=O)OC(C)(C)C)[C@@H]1CN(c2cc(F)c(C3CC(C)(O)C3)c(F)c2)C(=O)O1. The van der Waals surface area contributed by atoms with Gasteiger partial charge in [0.1, 0.15) is 17.2 Å². The lowest BCUT2D eigenvalue weighted by Gasteiger charge is -2.41. The van der Waals surface area contributed by atoms with Crippen LogP contribution in [0, 0.1) is 11.6 Å². The molecule has 9 heteroatoms. The molecule has 160 valence electrons. The predicted molar refractivity (Wildman–Crippen MR) is 101 cm³/mol. The van der Waals surface area contributed by atoms with E-state index in [0.29, 0.717) is 0 Å². The Morgan fingerprint density at radius 3 is 2.34 bits per heavy atom. The number of aliphatic hydroxyl groups is 1. The monoisotopic (exact) mass is 412 g/mol. The van der Waals surface area contributed by atoms with Crippen molar-refractivity contribution in [1.29, 1.82) is 0 Å². The van der Waals surface area contributed by atoms with Crippen LogP contribution in [-0.4, -0.2) is 53.2 Å². The Balaban J connectivity index is 1.74. The van der Waals surface area contributed by atoms with Crippen molar-refractivity contribution in [1.82, 2.24) is 4.90 Å². The van der Waals surface area contributed by atoms with Gasteiger partial charge in [0.15, 0.2) is 6.23 Å². The molecule has 1 aromatic rings. The van der Waals surface area contributed by atoms with E-state index in [-0.39, 0.29) is 30.6 Å². The van der Waals surface area contributed by atoms with Crippen LogP contribution in [0.3, 0.4) is 0 Å². The van der Waals surface area contributed by atoms with Crippen molar-refractivity contribution in [2.45, 2.75) is 63.9 Å². The number of nitrogens with zero attached hydrogens (tertiary/aromatic N) is 2. The van der Waals surface area contributed by atoms with Crippen LogP contribution in [0.25, 0.3) is 0 Å². The van der Waals surface area contributed by atoms with Crippen molar-refractivity contribution < 1.29 is 33.0 Å². The zero-order valence-electron chi connectivity index (χ0n) is 17.2. The number of benzene rings is 1. The van der Waals surface area contributed by atoms with Gasteiger partial charge in [-0.05, 0) is 58.6 Å². The number of anilines is 1. The Morgan fingerprint density at radius 1 is 1.31 bits per heavy atom. The molecule has 1 atom stereocenters. The second-order valence-electron chi connectivity index (χ2n) is 8.97. The highest BCUT2D eigenvalue weighted by atomic mass is 19.1. The second-order valence-corrected chi connectivity index (χ2v) is 8.97. The number of amides is 2. The number of likely N-dealkylation sites (N-methyl/N-ethyl adjacent to an activating group) is 1. The van der Waals surface area contributed by atoms with Crippen LogP contribution >= 0.6 is 0 Å². The minimum Gasteiger partial charge on any atom is -0.444 e. The average molecular weight is 412 g/mol. The van der Waals surface area contributed by atoms with Gasteiger partial charge in [-0.1, -0.05) is 0 Å². The van der Waals surface area contributed by atoms with Crippen LogP contribution in [0.5, 0.6) is 0 Å². The zero-order valence-corrected chi connectivity index (χ0v) is 17.2. The summed E-state index contributed by atoms with van der Waals surface area (Å²) < 4.78 is 39.6. The molecule has 2 aliphatic rings. The van der Waals surface area contributed by atoms with Crippen molar-refractivity contribution in [3.8, 4) is 0 Å². The molecule has 0 radical (unpaired) electrons. The maximum absolute atomic E-state index is 14.6. The third-order valence-corrected chi connectivity index (χ3v) is 5.07. The fourth-order valence-electron chi connectivity index (χ4n) is 3.63. The van der Waals surface area contributed by atoms with E-state index < -0.39 is 47.2 Å². The largest absolute Gasteiger partial charge is 0.444 e. The molecule has 1 heterocycles. The summed E-state index contributed by atoms with van der Waals surface area (Å²) in [4.78, 5) is 26.6. The molecule has 0 spiro atoms. The highest BCUT2D eigenvalue weighted by molar-refractivity contribution is 5.90. The molecular weight excluding hydrogens is 386 g/mol. The van der Waals surface area contributed by atoms with Crippen molar-refractivity contribution in [3.05, 3.63) is 29.3 Å². The van der Waals surface area contributed by atoms with Crippen LogP contribution in [0.15, 0.2) is 12.1 Å². The fourth-order valence-corrected chi connectivity index (χ4v) is 3.63. The van der Waals surface area contributed by atoms with Gasteiger partial charge in [-0.2, -0.15) is 0 Å². The highest BCUT2D eigenvalue weighted by Gasteiger charge is 2.43. The predicted octanol–water partition coefficient (Wildman–Crippen LogP) is 3.74. The first-order chi connectivity index (χ1) is 13.3. The smallest absolute Gasteiger partial charge is 0.416 e. The molecule has 1 aliphatic carbocycles. The van der Waals surface area contributed by atoms with E-state index >= 15 is 0 Å². The summed E-state index contributed by atoms with van der Waals surface area (Å²) in [5.41, 5.74) is -1.72. The van der Waals surface area contributed by atoms with Crippen molar-refractivity contribution >= 4 is 17.9 Å². The van der Waals surface area contributed by atoms with Gasteiger partial charge in [0.25, 0.3) is 0 Å². The van der Waals surface area contributed by atoms with E-state index in [1.807, 2.05) is 0 Å². The first-order valence-electron chi connectivity index (χ1n) is 9.43. The van der Waals surface area contributed by atoms with Crippen LogP contribution in [0.4, 0.5) is 24.1 Å². The third kappa shape index (κ3) is 4.44. The molecule has 2 fully saturated rings. The number of cyclic esters (lactones) is 1. The second kappa shape index (κ2) is 7.12. The van der Waals surface area contributed by atoms with Gasteiger partial charge in [-0.15, -0.1) is 0 Å². The Labute approximate surface area is 168 Å². The summed E-state index contributed by atoms with van der Waals surface area (Å²) in [6, 6.07) is 2.14. The van der Waals surface area contributed by atoms with E-state index in [4.69, 9.17) is 9.47 Å². The van der Waals surface area contributed by atoms with Crippen molar-refractivity contribution in [2.24, 2.45) is 0 Å². The van der Waals surface area contributed by atoms with E-state index in [9.17, 15) is 23.5 Å². The van der Waals surface area contributed by atoms with Crippen LogP contribution in [0.1, 0.15) is 52.0 Å². The molecule has 1 saturated heterocycles. The summed E-state index contributed by atoms with van der Waals surface area (Å²) in [7, 11) is 1.42. The number of carbonyl (C=O) groups is 2. The number of rotatable bonds is 3. The standard InChI is InChI=1S/C20H26F2N2O5/c1-19(2,3)29-17(25)23(5)15-10-24(18(26)28-15)12-6-13(21)16(14(22)7-12)11-8-20(4,27)9-11/h6-7,11,15,27H,8-10H2,1-5H3/t11?,15-,20?/m0/s1. The fraction of sp³-hybridized carbons (Fsp3) is 0.600. The molecule has 0 aromatic heterocycles. The van der Waals surface area contributed by atoms with Gasteiger partial charge in [0, 0.05) is 12.6 Å². The van der Waals surface area contributed by atoms with E-state index in [2.05, 4.69) is 0 Å². The summed E-state index contributed by atoms with van der Waals surface area (Å²) in [6.07, 6.45) is -1.90. The summed E-state index contributed by atoms with van der Waals surface area (Å²) in [5, 5.41) is 9.83. The topological polar surface area (TPSA) is 79.3 Å². The molecule has 1 aromatic carbocycles. The zero-order chi connectivity index (χ0) is 21.7. The number of hydrogen-bond acceptors (Lipinski definition) is 5. The number of carbonyl (C=O) groups excluding carboxylic acids is 2. The molecule has 0 unspecified atom stereocenters. The maximum atomic E-state index is 14.6. The molecule has 1 saturated carbocycles. The van der Waals surface area contributed by atoms with Gasteiger partial charge < -0.3 is 14.6 Å². The normalized spacial score (nSPS) is 26.8. The summed E-state index contributed by atoms with van der Waals surface area (Å²) in [5.74, 6) is -1.97. The van der Waals surface area contributed by atoms with Crippen LogP contribution in [-0.2, 0) is 9.47 Å². The lowest BCUT2D eigenvalue weighted by molar-refractivity contribution is -0.0328. The number of hydrogen-bond donors (Lipinski definition) is 1. The average Bonchev–Trinajstić information content (AvgIpc) is 2.91. The Hall–Kier alpha value is -2.42. The lowest BCUT2D eigenvalue weighted by atomic mass is 9.69. The molecule has 1 N–H and O–H groups in total. The molecule has 3 rings (SSSR count). The first-order valence-corrected chi connectivity index (χ1v) is 9.43. The molecule has 29 heavy (non-hydrogen) atoms. The van der Waals surface area contributed by atoms with Crippen molar-refractivity contribution in [2.75, 3.05) is 18.5 Å². The number of halogens is 2. The van der Waals surface area contributed by atoms with E-state index in [1.165, 1.54) is 7.05 Å². The summed E-state index contributed by atoms with van der Waals surface area (Å²) >= 11 is 0. The Bertz CT molecular complexity index is 806. The minimum atomic E-state index is -0.954. The highest BCUT2D eigenvalue weighted by Crippen LogP contribution is 2.46. The quantitative estimate of drug-likeness (QED) is 0.818. The molecule has 7 nitrogen and oxygen atoms in total. The van der Waals surface area contributed by atoms with Gasteiger partial charge in [0.2, 0.25) is 0 Å². The minimum absolute atomic E-state index is 0.0000718. The third-order valence-electron chi connectivity index (χ3n) is 5.07. The van der Waals surface area contributed by atoms with Gasteiger partial charge in [-0.25, -0.2) is 18.4 Å². The van der Waals surface area contributed by atoms with E-state index in [1.54, 1.807) is 27.7 Å². The Morgan fingerprint density at radius 2 is 1.86 bits per heavy atom. The van der Waals surface area contributed by atoms with E-state index in [0.717, 1.165) is 21.9 Å². The van der Waals surface area contributed by atoms with Crippen LogP contribution < -0.4 is 4.90 Å². The maximum Gasteiger partial charge on any atom is 0.416 e. The molecular formula is C20H26F2N2O5.